The number of amides is 1. The van der Waals surface area contributed by atoms with Crippen LogP contribution in [0, 0.1) is 0 Å². The first kappa shape index (κ1) is 20.2. The zero-order valence-corrected chi connectivity index (χ0v) is 17.3. The second kappa shape index (κ2) is 8.76. The van der Waals surface area contributed by atoms with Crippen LogP contribution in [0.3, 0.4) is 0 Å². The fourth-order valence-electron chi connectivity index (χ4n) is 3.40. The Bertz CT molecular complexity index is 1090. The molecule has 1 amide bonds. The SMILES string of the molecule is O=C(NCc1ccc(S(=O)(=O)N2CCCC2)cc1)c1ccc(Cn2cncn2)cc1. The van der Waals surface area contributed by atoms with Gasteiger partial charge in [0.2, 0.25) is 10.0 Å². The third-order valence-electron chi connectivity index (χ3n) is 5.11. The van der Waals surface area contributed by atoms with Crippen molar-refractivity contribution in [2.45, 2.75) is 30.8 Å². The number of hydrogen-bond acceptors (Lipinski definition) is 5. The number of benzene rings is 2. The van der Waals surface area contributed by atoms with E-state index in [1.54, 1.807) is 47.4 Å². The summed E-state index contributed by atoms with van der Waals surface area (Å²) in [5.41, 5.74) is 2.42. The Balaban J connectivity index is 1.33. The van der Waals surface area contributed by atoms with Crippen LogP contribution in [0.5, 0.6) is 0 Å². The second-order valence-corrected chi connectivity index (χ2v) is 9.17. The molecular weight excluding hydrogens is 402 g/mol. The van der Waals surface area contributed by atoms with Crippen molar-refractivity contribution < 1.29 is 13.2 Å². The van der Waals surface area contributed by atoms with Gasteiger partial charge in [-0.05, 0) is 48.2 Å². The minimum Gasteiger partial charge on any atom is -0.348 e. The van der Waals surface area contributed by atoms with Crippen molar-refractivity contribution in [3.05, 3.63) is 77.9 Å². The Morgan fingerprint density at radius 3 is 2.27 bits per heavy atom. The van der Waals surface area contributed by atoms with E-state index in [0.717, 1.165) is 24.0 Å². The van der Waals surface area contributed by atoms with E-state index in [-0.39, 0.29) is 5.91 Å². The highest BCUT2D eigenvalue weighted by atomic mass is 32.2. The number of hydrogen-bond donors (Lipinski definition) is 1. The summed E-state index contributed by atoms with van der Waals surface area (Å²) in [4.78, 5) is 16.6. The van der Waals surface area contributed by atoms with E-state index in [4.69, 9.17) is 0 Å². The molecule has 156 valence electrons. The van der Waals surface area contributed by atoms with Crippen molar-refractivity contribution in [1.82, 2.24) is 24.4 Å². The molecule has 9 heteroatoms. The summed E-state index contributed by atoms with van der Waals surface area (Å²) in [6.45, 7) is 2.08. The molecular formula is C21H23N5O3S. The van der Waals surface area contributed by atoms with Crippen LogP contribution < -0.4 is 5.32 Å². The van der Waals surface area contributed by atoms with Gasteiger partial charge in [0.15, 0.2) is 0 Å². The van der Waals surface area contributed by atoms with E-state index in [2.05, 4.69) is 15.4 Å². The maximum absolute atomic E-state index is 12.6. The Kier molecular flexibility index (Phi) is 5.91. The molecule has 1 saturated heterocycles. The summed E-state index contributed by atoms with van der Waals surface area (Å²) in [6.07, 6.45) is 4.94. The Morgan fingerprint density at radius 2 is 1.63 bits per heavy atom. The molecule has 30 heavy (non-hydrogen) atoms. The van der Waals surface area contributed by atoms with Gasteiger partial charge in [0.05, 0.1) is 11.4 Å². The molecule has 4 rings (SSSR count). The summed E-state index contributed by atoms with van der Waals surface area (Å²) in [5.74, 6) is -0.184. The Morgan fingerprint density at radius 1 is 0.967 bits per heavy atom. The first-order valence-electron chi connectivity index (χ1n) is 9.81. The largest absolute Gasteiger partial charge is 0.348 e. The molecule has 1 fully saturated rings. The summed E-state index contributed by atoms with van der Waals surface area (Å²) in [7, 11) is -3.42. The quantitative estimate of drug-likeness (QED) is 0.625. The van der Waals surface area contributed by atoms with E-state index in [1.807, 2.05) is 12.1 Å². The number of carbonyl (C=O) groups excluding carboxylic acids is 1. The van der Waals surface area contributed by atoms with Gasteiger partial charge < -0.3 is 5.32 Å². The Labute approximate surface area is 175 Å². The molecule has 0 spiro atoms. The van der Waals surface area contributed by atoms with Crippen molar-refractivity contribution in [2.75, 3.05) is 13.1 Å². The normalized spacial score (nSPS) is 14.7. The summed E-state index contributed by atoms with van der Waals surface area (Å²) >= 11 is 0. The van der Waals surface area contributed by atoms with Gasteiger partial charge in [0.1, 0.15) is 12.7 Å². The van der Waals surface area contributed by atoms with Gasteiger partial charge in [0, 0.05) is 25.2 Å². The minimum absolute atomic E-state index is 0.184. The van der Waals surface area contributed by atoms with Crippen LogP contribution in [0.15, 0.2) is 66.1 Å². The first-order valence-corrected chi connectivity index (χ1v) is 11.2. The molecule has 0 aliphatic carbocycles. The number of sulfonamides is 1. The molecule has 1 aliphatic heterocycles. The predicted octanol–water partition coefficient (Wildman–Crippen LogP) is 2.04. The lowest BCUT2D eigenvalue weighted by atomic mass is 10.1. The van der Waals surface area contributed by atoms with E-state index in [9.17, 15) is 13.2 Å². The summed E-state index contributed by atoms with van der Waals surface area (Å²) in [5, 5.41) is 6.93. The van der Waals surface area contributed by atoms with Crippen LogP contribution in [0.2, 0.25) is 0 Å². The topological polar surface area (TPSA) is 97.2 Å². The highest BCUT2D eigenvalue weighted by Gasteiger charge is 2.26. The molecule has 0 saturated carbocycles. The van der Waals surface area contributed by atoms with Gasteiger partial charge >= 0.3 is 0 Å². The van der Waals surface area contributed by atoms with E-state index >= 15 is 0 Å². The van der Waals surface area contributed by atoms with Crippen molar-refractivity contribution in [1.29, 1.82) is 0 Å². The molecule has 3 aromatic rings. The smallest absolute Gasteiger partial charge is 0.251 e. The van der Waals surface area contributed by atoms with E-state index in [0.29, 0.717) is 36.6 Å². The molecule has 2 heterocycles. The molecule has 1 aliphatic rings. The van der Waals surface area contributed by atoms with Gasteiger partial charge in [-0.3, -0.25) is 4.79 Å². The Hall–Kier alpha value is -3.04. The van der Waals surface area contributed by atoms with Crippen LogP contribution >= 0.6 is 0 Å². The number of carbonyl (C=O) groups is 1. The van der Waals surface area contributed by atoms with Gasteiger partial charge in [-0.1, -0.05) is 24.3 Å². The predicted molar refractivity (Wildman–Crippen MR) is 111 cm³/mol. The molecule has 0 radical (unpaired) electrons. The lowest BCUT2D eigenvalue weighted by Crippen LogP contribution is -2.28. The van der Waals surface area contributed by atoms with Gasteiger partial charge in [-0.15, -0.1) is 0 Å². The third kappa shape index (κ3) is 4.58. The lowest BCUT2D eigenvalue weighted by Gasteiger charge is -2.15. The highest BCUT2D eigenvalue weighted by Crippen LogP contribution is 2.21. The third-order valence-corrected chi connectivity index (χ3v) is 7.02. The number of rotatable bonds is 7. The molecule has 2 aromatic carbocycles. The highest BCUT2D eigenvalue weighted by molar-refractivity contribution is 7.89. The molecule has 0 atom stereocenters. The van der Waals surface area contributed by atoms with Gasteiger partial charge in [-0.25, -0.2) is 18.1 Å². The monoisotopic (exact) mass is 425 g/mol. The van der Waals surface area contributed by atoms with E-state index < -0.39 is 10.0 Å². The second-order valence-electron chi connectivity index (χ2n) is 7.23. The average molecular weight is 426 g/mol. The van der Waals surface area contributed by atoms with Crippen molar-refractivity contribution >= 4 is 15.9 Å². The first-order chi connectivity index (χ1) is 14.5. The minimum atomic E-state index is -3.42. The molecule has 8 nitrogen and oxygen atoms in total. The fourth-order valence-corrected chi connectivity index (χ4v) is 4.92. The molecule has 0 bridgehead atoms. The van der Waals surface area contributed by atoms with Crippen LogP contribution in [-0.4, -0.2) is 46.5 Å². The van der Waals surface area contributed by atoms with Gasteiger partial charge in [0.25, 0.3) is 5.91 Å². The number of aromatic nitrogens is 3. The zero-order valence-electron chi connectivity index (χ0n) is 16.4. The van der Waals surface area contributed by atoms with E-state index in [1.165, 1.54) is 10.6 Å². The number of nitrogens with zero attached hydrogens (tertiary/aromatic N) is 4. The fraction of sp³-hybridized carbons (Fsp3) is 0.286. The summed E-state index contributed by atoms with van der Waals surface area (Å²) < 4.78 is 28.4. The van der Waals surface area contributed by atoms with Crippen molar-refractivity contribution in [3.63, 3.8) is 0 Å². The van der Waals surface area contributed by atoms with Crippen LogP contribution in [0.25, 0.3) is 0 Å². The van der Waals surface area contributed by atoms with Crippen LogP contribution in [0.1, 0.15) is 34.3 Å². The summed E-state index contributed by atoms with van der Waals surface area (Å²) in [6, 6.07) is 14.0. The molecule has 0 unspecified atom stereocenters. The van der Waals surface area contributed by atoms with Crippen LogP contribution in [0.4, 0.5) is 0 Å². The maximum Gasteiger partial charge on any atom is 0.251 e. The lowest BCUT2D eigenvalue weighted by molar-refractivity contribution is 0.0951. The molecule has 1 aromatic heterocycles. The maximum atomic E-state index is 12.6. The number of nitrogens with one attached hydrogen (secondary N) is 1. The standard InChI is InChI=1S/C21H23N5O3S/c27-21(19-7-3-18(4-8-19)14-25-16-22-15-24-25)23-13-17-5-9-20(10-6-17)30(28,29)26-11-1-2-12-26/h3-10,15-16H,1-2,11-14H2,(H,23,27). The average Bonchev–Trinajstić information content (AvgIpc) is 3.47. The van der Waals surface area contributed by atoms with Gasteiger partial charge in [-0.2, -0.15) is 9.40 Å². The van der Waals surface area contributed by atoms with Crippen molar-refractivity contribution in [3.8, 4) is 0 Å². The zero-order chi connectivity index (χ0) is 21.0. The van der Waals surface area contributed by atoms with Crippen LogP contribution in [-0.2, 0) is 23.1 Å². The van der Waals surface area contributed by atoms with Crippen molar-refractivity contribution in [2.24, 2.45) is 0 Å². The molecule has 1 N–H and O–H groups in total.